The lowest BCUT2D eigenvalue weighted by Gasteiger charge is -2.14. The van der Waals surface area contributed by atoms with Crippen molar-refractivity contribution in [3.8, 4) is 28.4 Å². The van der Waals surface area contributed by atoms with E-state index in [2.05, 4.69) is 5.32 Å². The number of para-hydroxylation sites is 1. The lowest BCUT2D eigenvalue weighted by molar-refractivity contribution is 0.102. The fraction of sp³-hybridized carbons (Fsp3) is 0.148. The van der Waals surface area contributed by atoms with Gasteiger partial charge in [-0.05, 0) is 48.5 Å². The zero-order valence-corrected chi connectivity index (χ0v) is 19.8. The molecule has 0 aliphatic carbocycles. The number of rotatable bonds is 7. The topological polar surface area (TPSA) is 94.9 Å². The second-order valence-electron chi connectivity index (χ2n) is 8.01. The Morgan fingerprint density at radius 3 is 2.44 bits per heavy atom. The molecule has 9 nitrogen and oxygen atoms in total. The van der Waals surface area contributed by atoms with E-state index in [1.165, 1.54) is 4.90 Å². The maximum absolute atomic E-state index is 13.5. The van der Waals surface area contributed by atoms with E-state index < -0.39 is 6.09 Å². The van der Waals surface area contributed by atoms with Crippen molar-refractivity contribution in [3.63, 3.8) is 0 Å². The Morgan fingerprint density at radius 2 is 1.72 bits per heavy atom. The van der Waals surface area contributed by atoms with Crippen LogP contribution in [0, 0.1) is 0 Å². The third-order valence-electron chi connectivity index (χ3n) is 5.81. The Bertz CT molecular complexity index is 1420. The molecule has 182 valence electrons. The first-order valence-corrected chi connectivity index (χ1v) is 11.3. The molecule has 0 saturated carbocycles. The van der Waals surface area contributed by atoms with Gasteiger partial charge in [0, 0.05) is 23.1 Å². The van der Waals surface area contributed by atoms with E-state index in [-0.39, 0.29) is 5.91 Å². The number of cyclic esters (lactones) is 1. The van der Waals surface area contributed by atoms with Crippen molar-refractivity contribution < 1.29 is 23.8 Å². The standard InChI is InChI=1S/C27H24N4O5/c1-34-23-12-11-18(15-24(23)35-2)25-22(17-31(29-25)20-8-4-3-5-9-20)26(32)28-19-7-6-10-21(16-19)30-13-14-36-27(30)33/h3-12,15-17H,13-14H2,1-2H3,(H,28,32). The van der Waals surface area contributed by atoms with Gasteiger partial charge >= 0.3 is 6.09 Å². The van der Waals surface area contributed by atoms with Crippen LogP contribution < -0.4 is 19.7 Å². The van der Waals surface area contributed by atoms with Gasteiger partial charge in [-0.3, -0.25) is 9.69 Å². The third kappa shape index (κ3) is 4.46. The molecule has 1 fully saturated rings. The summed E-state index contributed by atoms with van der Waals surface area (Å²) in [6.07, 6.45) is 1.29. The van der Waals surface area contributed by atoms with Gasteiger partial charge in [-0.1, -0.05) is 24.3 Å². The fourth-order valence-corrected chi connectivity index (χ4v) is 4.03. The number of nitrogens with one attached hydrogen (secondary N) is 1. The molecule has 3 aromatic carbocycles. The van der Waals surface area contributed by atoms with E-state index in [0.717, 1.165) is 5.69 Å². The van der Waals surface area contributed by atoms with Crippen LogP contribution in [0.4, 0.5) is 16.2 Å². The lowest BCUT2D eigenvalue weighted by atomic mass is 10.1. The van der Waals surface area contributed by atoms with Gasteiger partial charge in [-0.2, -0.15) is 5.10 Å². The van der Waals surface area contributed by atoms with Gasteiger partial charge in [0.15, 0.2) is 11.5 Å². The monoisotopic (exact) mass is 484 g/mol. The van der Waals surface area contributed by atoms with Crippen LogP contribution in [0.25, 0.3) is 16.9 Å². The molecule has 2 amide bonds. The Hall–Kier alpha value is -4.79. The number of aromatic nitrogens is 2. The van der Waals surface area contributed by atoms with Crippen molar-refractivity contribution in [1.29, 1.82) is 0 Å². The third-order valence-corrected chi connectivity index (χ3v) is 5.81. The number of methoxy groups -OCH3 is 2. The van der Waals surface area contributed by atoms with Gasteiger partial charge in [0.2, 0.25) is 0 Å². The number of amides is 2. The minimum absolute atomic E-state index is 0.336. The average Bonchev–Trinajstić information content (AvgIpc) is 3.56. The molecule has 4 aromatic rings. The highest BCUT2D eigenvalue weighted by molar-refractivity contribution is 6.08. The van der Waals surface area contributed by atoms with E-state index in [4.69, 9.17) is 19.3 Å². The number of hydrogen-bond donors (Lipinski definition) is 1. The number of ether oxygens (including phenoxy) is 3. The van der Waals surface area contributed by atoms with Crippen molar-refractivity contribution in [3.05, 3.63) is 84.6 Å². The molecule has 0 unspecified atom stereocenters. The van der Waals surface area contributed by atoms with Gasteiger partial charge in [-0.15, -0.1) is 0 Å². The molecule has 0 radical (unpaired) electrons. The van der Waals surface area contributed by atoms with Crippen LogP contribution in [-0.2, 0) is 4.74 Å². The van der Waals surface area contributed by atoms with E-state index in [0.29, 0.717) is 52.8 Å². The number of carbonyl (C=O) groups is 2. The SMILES string of the molecule is COc1ccc(-c2nn(-c3ccccc3)cc2C(=O)Nc2cccc(N3CCOC3=O)c2)cc1OC. The molecule has 1 saturated heterocycles. The molecule has 9 heteroatoms. The Labute approximate surface area is 207 Å². The summed E-state index contributed by atoms with van der Waals surface area (Å²) in [5, 5.41) is 7.66. The molecule has 2 heterocycles. The summed E-state index contributed by atoms with van der Waals surface area (Å²) >= 11 is 0. The minimum atomic E-state index is -0.404. The quantitative estimate of drug-likeness (QED) is 0.406. The largest absolute Gasteiger partial charge is 0.493 e. The van der Waals surface area contributed by atoms with E-state index >= 15 is 0 Å². The van der Waals surface area contributed by atoms with Gasteiger partial charge in [-0.25, -0.2) is 9.48 Å². The number of benzene rings is 3. The zero-order valence-electron chi connectivity index (χ0n) is 19.8. The number of anilines is 2. The van der Waals surface area contributed by atoms with Crippen LogP contribution in [0.5, 0.6) is 11.5 Å². The first-order chi connectivity index (χ1) is 17.6. The normalized spacial score (nSPS) is 12.8. The molecule has 1 aliphatic rings. The van der Waals surface area contributed by atoms with E-state index in [9.17, 15) is 9.59 Å². The highest BCUT2D eigenvalue weighted by atomic mass is 16.6. The van der Waals surface area contributed by atoms with Crippen LogP contribution >= 0.6 is 0 Å². The number of hydrogen-bond acceptors (Lipinski definition) is 6. The summed E-state index contributed by atoms with van der Waals surface area (Å²) in [6, 6.07) is 22.0. The van der Waals surface area contributed by atoms with E-state index in [1.54, 1.807) is 61.5 Å². The molecule has 36 heavy (non-hydrogen) atoms. The Morgan fingerprint density at radius 1 is 0.944 bits per heavy atom. The second-order valence-corrected chi connectivity index (χ2v) is 8.01. The molecule has 0 atom stereocenters. The summed E-state index contributed by atoms with van der Waals surface area (Å²) in [4.78, 5) is 27.0. The van der Waals surface area contributed by atoms with Gasteiger partial charge < -0.3 is 19.5 Å². The van der Waals surface area contributed by atoms with Crippen molar-refractivity contribution in [2.45, 2.75) is 0 Å². The lowest BCUT2D eigenvalue weighted by Crippen LogP contribution is -2.23. The summed E-state index contributed by atoms with van der Waals surface area (Å²) in [7, 11) is 3.12. The summed E-state index contributed by atoms with van der Waals surface area (Å²) in [5.74, 6) is 0.760. The van der Waals surface area contributed by atoms with Crippen molar-refractivity contribution in [2.75, 3.05) is 37.6 Å². The smallest absolute Gasteiger partial charge is 0.414 e. The summed E-state index contributed by atoms with van der Waals surface area (Å²) in [5.41, 5.74) is 3.56. The molecule has 1 aromatic heterocycles. The summed E-state index contributed by atoms with van der Waals surface area (Å²) in [6.45, 7) is 0.798. The molecule has 0 bridgehead atoms. The van der Waals surface area contributed by atoms with Crippen LogP contribution in [0.1, 0.15) is 10.4 Å². The Kier molecular flexibility index (Phi) is 6.27. The average molecular weight is 485 g/mol. The predicted octanol–water partition coefficient (Wildman–Crippen LogP) is 4.77. The summed E-state index contributed by atoms with van der Waals surface area (Å²) < 4.78 is 17.5. The van der Waals surface area contributed by atoms with E-state index in [1.807, 2.05) is 36.4 Å². The molecule has 0 spiro atoms. The first kappa shape index (κ1) is 23.0. The highest BCUT2D eigenvalue weighted by Crippen LogP contribution is 2.34. The van der Waals surface area contributed by atoms with Crippen molar-refractivity contribution >= 4 is 23.4 Å². The van der Waals surface area contributed by atoms with Crippen molar-refractivity contribution in [2.24, 2.45) is 0 Å². The van der Waals surface area contributed by atoms with Gasteiger partial charge in [0.1, 0.15) is 12.3 Å². The van der Waals surface area contributed by atoms with Crippen LogP contribution in [0.2, 0.25) is 0 Å². The first-order valence-electron chi connectivity index (χ1n) is 11.3. The zero-order chi connectivity index (χ0) is 25.1. The minimum Gasteiger partial charge on any atom is -0.493 e. The highest BCUT2D eigenvalue weighted by Gasteiger charge is 2.24. The fourth-order valence-electron chi connectivity index (χ4n) is 4.03. The Balaban J connectivity index is 1.52. The maximum atomic E-state index is 13.5. The number of carbonyl (C=O) groups excluding carboxylic acids is 2. The van der Waals surface area contributed by atoms with Crippen LogP contribution in [0.3, 0.4) is 0 Å². The number of nitrogens with zero attached hydrogens (tertiary/aromatic N) is 3. The van der Waals surface area contributed by atoms with Crippen LogP contribution in [-0.4, -0.2) is 49.2 Å². The molecular formula is C27H24N4O5. The predicted molar refractivity (Wildman–Crippen MR) is 135 cm³/mol. The van der Waals surface area contributed by atoms with Crippen LogP contribution in [0.15, 0.2) is 79.0 Å². The maximum Gasteiger partial charge on any atom is 0.414 e. The van der Waals surface area contributed by atoms with Crippen molar-refractivity contribution in [1.82, 2.24) is 9.78 Å². The van der Waals surface area contributed by atoms with Gasteiger partial charge in [0.05, 0.1) is 32.0 Å². The molecule has 1 aliphatic heterocycles. The second kappa shape index (κ2) is 9.83. The molecule has 1 N–H and O–H groups in total. The molecule has 5 rings (SSSR count). The van der Waals surface area contributed by atoms with Gasteiger partial charge in [0.25, 0.3) is 5.91 Å². The molecular weight excluding hydrogens is 460 g/mol.